The van der Waals surface area contributed by atoms with Crippen molar-refractivity contribution in [2.24, 2.45) is 0 Å². The zero-order valence-electron chi connectivity index (χ0n) is 17.9. The molecule has 1 atom stereocenters. The van der Waals surface area contributed by atoms with Crippen LogP contribution in [-0.2, 0) is 4.57 Å². The minimum absolute atomic E-state index is 0.00403. The SMILES string of the molecule is Cc1cc(C)c(C(=O)[P+](=O)c2ccccc2C(=O)c2c(Cl)c(Cl)c(Cl)c(Cl)c2Cl)c(C)c1C. The largest absolute Gasteiger partial charge is 0.459 e. The summed E-state index contributed by atoms with van der Waals surface area (Å²) < 4.78 is 13.5. The highest BCUT2D eigenvalue weighted by Crippen LogP contribution is 2.45. The van der Waals surface area contributed by atoms with Gasteiger partial charge >= 0.3 is 13.3 Å². The van der Waals surface area contributed by atoms with Crippen LogP contribution in [0.1, 0.15) is 48.5 Å². The molecule has 0 radical (unpaired) electrons. The van der Waals surface area contributed by atoms with E-state index in [4.69, 9.17) is 58.0 Å². The molecule has 9 heteroatoms. The Balaban J connectivity index is 2.16. The molecule has 0 saturated heterocycles. The summed E-state index contributed by atoms with van der Waals surface area (Å²) in [4.78, 5) is 26.8. The van der Waals surface area contributed by atoms with E-state index in [2.05, 4.69) is 0 Å². The molecule has 3 nitrogen and oxygen atoms in total. The molecule has 1 unspecified atom stereocenters. The van der Waals surface area contributed by atoms with Crippen LogP contribution < -0.4 is 5.30 Å². The van der Waals surface area contributed by atoms with Gasteiger partial charge in [0.2, 0.25) is 11.1 Å². The van der Waals surface area contributed by atoms with Crippen molar-refractivity contribution in [3.63, 3.8) is 0 Å². The molecule has 0 aromatic heterocycles. The summed E-state index contributed by atoms with van der Waals surface area (Å²) >= 11 is 30.8. The van der Waals surface area contributed by atoms with E-state index >= 15 is 0 Å². The first-order valence-corrected chi connectivity index (χ1v) is 12.8. The zero-order valence-corrected chi connectivity index (χ0v) is 22.6. The molecular formula is C24H17Cl5O3P+. The Morgan fingerprint density at radius 2 is 1.21 bits per heavy atom. The van der Waals surface area contributed by atoms with Crippen LogP contribution in [-0.4, -0.2) is 11.3 Å². The number of benzene rings is 3. The van der Waals surface area contributed by atoms with Gasteiger partial charge in [0.15, 0.2) is 0 Å². The number of carbonyl (C=O) groups is 2. The van der Waals surface area contributed by atoms with Crippen molar-refractivity contribution in [3.8, 4) is 0 Å². The summed E-state index contributed by atoms with van der Waals surface area (Å²) in [5.41, 5.74) is 3.10. The highest BCUT2D eigenvalue weighted by atomic mass is 35.5. The lowest BCUT2D eigenvalue weighted by Gasteiger charge is -2.12. The summed E-state index contributed by atoms with van der Waals surface area (Å²) in [6.07, 6.45) is 0. The Kier molecular flexibility index (Phi) is 7.96. The van der Waals surface area contributed by atoms with Gasteiger partial charge in [-0.15, -0.1) is 0 Å². The van der Waals surface area contributed by atoms with Gasteiger partial charge in [0.1, 0.15) is 0 Å². The predicted octanol–water partition coefficient (Wildman–Crippen LogP) is 8.71. The first-order chi connectivity index (χ1) is 15.4. The molecule has 0 N–H and O–H groups in total. The molecule has 33 heavy (non-hydrogen) atoms. The first kappa shape index (κ1) is 26.2. The van der Waals surface area contributed by atoms with E-state index in [1.54, 1.807) is 19.1 Å². The Hall–Kier alpha value is -1.45. The summed E-state index contributed by atoms with van der Waals surface area (Å²) in [7, 11) is -2.64. The van der Waals surface area contributed by atoms with Gasteiger partial charge in [0, 0.05) is 0 Å². The standard InChI is InChI=1S/C24H17Cl5O3P/c1-10-9-11(2)16(13(4)12(10)3)24(31)33(32)15-8-6-5-7-14(15)23(30)17-18(25)20(27)22(29)21(28)19(17)26/h5-9H,1-4H3/q+1. The van der Waals surface area contributed by atoms with Crippen molar-refractivity contribution in [1.82, 2.24) is 0 Å². The molecule has 0 spiro atoms. The van der Waals surface area contributed by atoms with Gasteiger partial charge in [-0.05, 0) is 62.1 Å². The third kappa shape index (κ3) is 4.60. The summed E-state index contributed by atoms with van der Waals surface area (Å²) in [5, 5.41) is -0.642. The molecule has 0 heterocycles. The molecule has 0 aliphatic carbocycles. The molecule has 0 saturated carbocycles. The molecule has 3 aromatic carbocycles. The maximum atomic E-state index is 13.5. The smallest absolute Gasteiger partial charge is 0.288 e. The lowest BCUT2D eigenvalue weighted by Crippen LogP contribution is -2.17. The van der Waals surface area contributed by atoms with Crippen LogP contribution in [0.15, 0.2) is 30.3 Å². The quantitative estimate of drug-likeness (QED) is 0.135. The molecule has 0 bridgehead atoms. The highest BCUT2D eigenvalue weighted by molar-refractivity contribution is 7.71. The van der Waals surface area contributed by atoms with Gasteiger partial charge in [-0.1, -0.05) is 80.8 Å². The van der Waals surface area contributed by atoms with Crippen molar-refractivity contribution >= 4 is 82.4 Å². The number of aryl methyl sites for hydroxylation is 2. The zero-order chi connectivity index (χ0) is 24.8. The second kappa shape index (κ2) is 10.0. The fraction of sp³-hybridized carbons (Fsp3) is 0.167. The maximum absolute atomic E-state index is 13.5. The predicted molar refractivity (Wildman–Crippen MR) is 138 cm³/mol. The monoisotopic (exact) mass is 559 g/mol. The molecular weight excluding hydrogens is 545 g/mol. The van der Waals surface area contributed by atoms with E-state index in [0.717, 1.165) is 22.3 Å². The molecule has 3 rings (SSSR count). The number of carbonyl (C=O) groups excluding carboxylic acids is 2. The van der Waals surface area contributed by atoms with E-state index in [-0.39, 0.29) is 41.5 Å². The second-order valence-corrected chi connectivity index (χ2v) is 10.9. The normalized spacial score (nSPS) is 11.5. The van der Waals surface area contributed by atoms with Gasteiger partial charge < -0.3 is 0 Å². The van der Waals surface area contributed by atoms with Gasteiger partial charge in [-0.3, -0.25) is 4.79 Å². The van der Waals surface area contributed by atoms with Crippen molar-refractivity contribution in [3.05, 3.63) is 94.4 Å². The van der Waals surface area contributed by atoms with Crippen LogP contribution in [0.3, 0.4) is 0 Å². The van der Waals surface area contributed by atoms with Crippen LogP contribution in [0.4, 0.5) is 0 Å². The van der Waals surface area contributed by atoms with E-state index < -0.39 is 19.1 Å². The molecule has 0 fully saturated rings. The lowest BCUT2D eigenvalue weighted by atomic mass is 9.95. The molecule has 0 amide bonds. The molecule has 0 aliphatic heterocycles. The third-order valence-corrected chi connectivity index (χ3v) is 9.26. The lowest BCUT2D eigenvalue weighted by molar-refractivity contribution is 0.103. The van der Waals surface area contributed by atoms with E-state index in [1.807, 2.05) is 26.8 Å². The Morgan fingerprint density at radius 1 is 0.697 bits per heavy atom. The maximum Gasteiger partial charge on any atom is 0.459 e. The Bertz CT molecular complexity index is 1340. The number of hydrogen-bond acceptors (Lipinski definition) is 3. The highest BCUT2D eigenvalue weighted by Gasteiger charge is 2.39. The molecule has 3 aromatic rings. The fourth-order valence-corrected chi connectivity index (χ4v) is 6.30. The first-order valence-electron chi connectivity index (χ1n) is 9.64. The van der Waals surface area contributed by atoms with Crippen molar-refractivity contribution in [2.75, 3.05) is 0 Å². The summed E-state index contributed by atoms with van der Waals surface area (Å²) in [5.74, 6) is -0.675. The van der Waals surface area contributed by atoms with Crippen molar-refractivity contribution in [2.45, 2.75) is 27.7 Å². The average molecular weight is 562 g/mol. The number of rotatable bonds is 5. The number of ketones is 1. The fourth-order valence-electron chi connectivity index (χ4n) is 3.61. The van der Waals surface area contributed by atoms with Crippen LogP contribution >= 0.6 is 65.8 Å². The van der Waals surface area contributed by atoms with Crippen LogP contribution in [0.25, 0.3) is 0 Å². The molecule has 170 valence electrons. The topological polar surface area (TPSA) is 51.2 Å². The van der Waals surface area contributed by atoms with Crippen LogP contribution in [0.2, 0.25) is 25.1 Å². The van der Waals surface area contributed by atoms with Gasteiger partial charge in [-0.2, -0.15) is 0 Å². The van der Waals surface area contributed by atoms with E-state index in [0.29, 0.717) is 5.56 Å². The van der Waals surface area contributed by atoms with Gasteiger partial charge in [0.05, 0.1) is 41.8 Å². The minimum Gasteiger partial charge on any atom is -0.288 e. The Labute approximate surface area is 217 Å². The third-order valence-electron chi connectivity index (χ3n) is 5.56. The number of halogens is 5. The summed E-state index contributed by atoms with van der Waals surface area (Å²) in [6, 6.07) is 7.97. The van der Waals surface area contributed by atoms with E-state index in [1.165, 1.54) is 12.1 Å². The average Bonchev–Trinajstić information content (AvgIpc) is 2.79. The number of hydrogen-bond donors (Lipinski definition) is 0. The Morgan fingerprint density at radius 3 is 1.79 bits per heavy atom. The van der Waals surface area contributed by atoms with Crippen molar-refractivity contribution in [1.29, 1.82) is 0 Å². The minimum atomic E-state index is -2.64. The van der Waals surface area contributed by atoms with E-state index in [9.17, 15) is 14.2 Å². The van der Waals surface area contributed by atoms with Gasteiger partial charge in [0.25, 0.3) is 0 Å². The van der Waals surface area contributed by atoms with Crippen molar-refractivity contribution < 1.29 is 14.2 Å². The van der Waals surface area contributed by atoms with Crippen LogP contribution in [0.5, 0.6) is 0 Å². The molecule has 0 aliphatic rings. The summed E-state index contributed by atoms with van der Waals surface area (Å²) in [6.45, 7) is 7.47. The van der Waals surface area contributed by atoms with Gasteiger partial charge in [-0.25, -0.2) is 4.79 Å². The second-order valence-electron chi connectivity index (χ2n) is 7.53. The van der Waals surface area contributed by atoms with Crippen LogP contribution in [0, 0.1) is 27.7 Å².